The normalized spacial score (nSPS) is 15.2. The molecule has 0 aromatic heterocycles. The lowest BCUT2D eigenvalue weighted by atomic mass is 9.94. The summed E-state index contributed by atoms with van der Waals surface area (Å²) in [4.78, 5) is 27.6. The van der Waals surface area contributed by atoms with E-state index in [0.29, 0.717) is 47.3 Å². The lowest BCUT2D eigenvalue weighted by Gasteiger charge is -2.31. The van der Waals surface area contributed by atoms with Gasteiger partial charge in [-0.05, 0) is 55.6 Å². The van der Waals surface area contributed by atoms with Crippen molar-refractivity contribution in [2.45, 2.75) is 12.8 Å². The molecule has 0 radical (unpaired) electrons. The van der Waals surface area contributed by atoms with E-state index in [-0.39, 0.29) is 11.7 Å². The van der Waals surface area contributed by atoms with Crippen LogP contribution >= 0.6 is 11.6 Å². The predicted octanol–water partition coefficient (Wildman–Crippen LogP) is 3.38. The van der Waals surface area contributed by atoms with Crippen LogP contribution in [-0.4, -0.2) is 36.2 Å². The Morgan fingerprint density at radius 2 is 1.60 bits per heavy atom. The van der Waals surface area contributed by atoms with E-state index in [1.54, 1.807) is 48.5 Å². The monoisotopic (exact) mass is 356 g/mol. The average Bonchev–Trinajstić information content (AvgIpc) is 2.67. The molecule has 4 nitrogen and oxygen atoms in total. The van der Waals surface area contributed by atoms with Gasteiger partial charge in [0.05, 0.1) is 5.56 Å². The van der Waals surface area contributed by atoms with Gasteiger partial charge in [0.15, 0.2) is 5.78 Å². The summed E-state index contributed by atoms with van der Waals surface area (Å²) in [5.74, 6) is 0.223. The average molecular weight is 357 g/mol. The largest absolute Gasteiger partial charge is 0.339 e. The van der Waals surface area contributed by atoms with Crippen molar-refractivity contribution < 1.29 is 9.59 Å². The number of benzene rings is 2. The van der Waals surface area contributed by atoms with Gasteiger partial charge in [0.2, 0.25) is 0 Å². The highest BCUT2D eigenvalue weighted by Crippen LogP contribution is 2.22. The van der Waals surface area contributed by atoms with E-state index in [0.717, 1.165) is 12.8 Å². The fraction of sp³-hybridized carbons (Fsp3) is 0.300. The number of nitrogens with zero attached hydrogens (tertiary/aromatic N) is 1. The number of carbonyl (C=O) groups excluding carboxylic acids is 2. The molecule has 2 aromatic carbocycles. The first-order valence-corrected chi connectivity index (χ1v) is 8.86. The van der Waals surface area contributed by atoms with E-state index < -0.39 is 0 Å². The molecule has 1 fully saturated rings. The molecule has 0 unspecified atom stereocenters. The van der Waals surface area contributed by atoms with Crippen LogP contribution in [0.25, 0.3) is 0 Å². The van der Waals surface area contributed by atoms with Crippen LogP contribution in [-0.2, 0) is 0 Å². The second-order valence-corrected chi connectivity index (χ2v) is 6.79. The van der Waals surface area contributed by atoms with Gasteiger partial charge in [-0.25, -0.2) is 0 Å². The van der Waals surface area contributed by atoms with E-state index in [9.17, 15) is 9.59 Å². The molecule has 130 valence electrons. The first-order chi connectivity index (χ1) is 12.1. The SMILES string of the molecule is NCC1CCN(C(=O)c2ccccc2C(=O)c2ccc(Cl)cc2)CC1. The molecule has 1 saturated heterocycles. The van der Waals surface area contributed by atoms with Crippen LogP contribution in [0.5, 0.6) is 0 Å². The number of nitrogens with two attached hydrogens (primary N) is 1. The van der Waals surface area contributed by atoms with Gasteiger partial charge in [-0.2, -0.15) is 0 Å². The lowest BCUT2D eigenvalue weighted by molar-refractivity contribution is 0.0690. The molecule has 3 rings (SSSR count). The molecular weight excluding hydrogens is 336 g/mol. The Kier molecular flexibility index (Phi) is 5.51. The van der Waals surface area contributed by atoms with Gasteiger partial charge >= 0.3 is 0 Å². The number of piperidine rings is 1. The maximum Gasteiger partial charge on any atom is 0.254 e. The van der Waals surface area contributed by atoms with Gasteiger partial charge in [-0.15, -0.1) is 0 Å². The number of hydrogen-bond acceptors (Lipinski definition) is 3. The molecule has 0 saturated carbocycles. The van der Waals surface area contributed by atoms with E-state index >= 15 is 0 Å². The number of ketones is 1. The summed E-state index contributed by atoms with van der Waals surface area (Å²) in [6.45, 7) is 2.03. The summed E-state index contributed by atoms with van der Waals surface area (Å²) >= 11 is 5.89. The van der Waals surface area contributed by atoms with Gasteiger partial charge in [-0.1, -0.05) is 29.8 Å². The maximum absolute atomic E-state index is 12.9. The van der Waals surface area contributed by atoms with Crippen LogP contribution in [0, 0.1) is 5.92 Å². The van der Waals surface area contributed by atoms with Crippen molar-refractivity contribution >= 4 is 23.3 Å². The summed E-state index contributed by atoms with van der Waals surface area (Å²) in [6.07, 6.45) is 1.82. The molecule has 0 atom stereocenters. The molecule has 1 aliphatic heterocycles. The zero-order valence-corrected chi connectivity index (χ0v) is 14.7. The minimum atomic E-state index is -0.169. The van der Waals surface area contributed by atoms with Crippen molar-refractivity contribution in [3.8, 4) is 0 Å². The van der Waals surface area contributed by atoms with Crippen molar-refractivity contribution in [1.29, 1.82) is 0 Å². The van der Waals surface area contributed by atoms with Crippen molar-refractivity contribution in [2.24, 2.45) is 11.7 Å². The summed E-state index contributed by atoms with van der Waals surface area (Å²) in [6, 6.07) is 13.7. The highest BCUT2D eigenvalue weighted by molar-refractivity contribution is 6.30. The van der Waals surface area contributed by atoms with E-state index in [4.69, 9.17) is 17.3 Å². The Morgan fingerprint density at radius 3 is 2.20 bits per heavy atom. The summed E-state index contributed by atoms with van der Waals surface area (Å²) in [7, 11) is 0. The van der Waals surface area contributed by atoms with E-state index in [1.165, 1.54) is 0 Å². The standard InChI is InChI=1S/C20H21ClN2O2/c21-16-7-5-15(6-8-16)19(24)17-3-1-2-4-18(17)20(25)23-11-9-14(13-22)10-12-23/h1-8,14H,9-13,22H2. The molecule has 2 N–H and O–H groups in total. The van der Waals surface area contributed by atoms with Crippen molar-refractivity contribution in [3.63, 3.8) is 0 Å². The third-order valence-corrected chi connectivity index (χ3v) is 5.00. The number of likely N-dealkylation sites (tertiary alicyclic amines) is 1. The van der Waals surface area contributed by atoms with Crippen molar-refractivity contribution in [1.82, 2.24) is 4.90 Å². The summed E-state index contributed by atoms with van der Waals surface area (Å²) in [5, 5.41) is 0.573. The molecule has 0 spiro atoms. The van der Waals surface area contributed by atoms with Crippen LogP contribution in [0.15, 0.2) is 48.5 Å². The molecule has 1 amide bonds. The second kappa shape index (κ2) is 7.81. The summed E-state index contributed by atoms with van der Waals surface area (Å²) in [5.41, 5.74) is 7.12. The van der Waals surface area contributed by atoms with Crippen LogP contribution in [0.2, 0.25) is 5.02 Å². The molecule has 0 bridgehead atoms. The number of carbonyl (C=O) groups is 2. The molecule has 1 aliphatic rings. The smallest absolute Gasteiger partial charge is 0.254 e. The molecule has 0 aliphatic carbocycles. The Morgan fingerprint density at radius 1 is 1.00 bits per heavy atom. The van der Waals surface area contributed by atoms with Gasteiger partial charge in [0.1, 0.15) is 0 Å². The lowest BCUT2D eigenvalue weighted by Crippen LogP contribution is -2.40. The first-order valence-electron chi connectivity index (χ1n) is 8.49. The molecule has 25 heavy (non-hydrogen) atoms. The van der Waals surface area contributed by atoms with Crippen molar-refractivity contribution in [3.05, 3.63) is 70.2 Å². The maximum atomic E-state index is 12.9. The highest BCUT2D eigenvalue weighted by atomic mass is 35.5. The molecular formula is C20H21ClN2O2. The first kappa shape index (κ1) is 17.6. The molecule has 1 heterocycles. The Bertz CT molecular complexity index is 766. The second-order valence-electron chi connectivity index (χ2n) is 6.35. The number of halogens is 1. The Balaban J connectivity index is 1.84. The number of amides is 1. The fourth-order valence-electron chi connectivity index (χ4n) is 3.17. The molecule has 2 aromatic rings. The topological polar surface area (TPSA) is 63.4 Å². The highest BCUT2D eigenvalue weighted by Gasteiger charge is 2.26. The van der Waals surface area contributed by atoms with Gasteiger partial charge in [-0.3, -0.25) is 9.59 Å². The van der Waals surface area contributed by atoms with Crippen LogP contribution in [0.4, 0.5) is 0 Å². The summed E-state index contributed by atoms with van der Waals surface area (Å²) < 4.78 is 0. The number of hydrogen-bond donors (Lipinski definition) is 1. The third-order valence-electron chi connectivity index (χ3n) is 4.74. The third kappa shape index (κ3) is 3.91. The van der Waals surface area contributed by atoms with Crippen LogP contribution < -0.4 is 5.73 Å². The van der Waals surface area contributed by atoms with Crippen molar-refractivity contribution in [2.75, 3.05) is 19.6 Å². The Hall–Kier alpha value is -2.17. The molecule has 5 heteroatoms. The van der Waals surface area contributed by atoms with Crippen LogP contribution in [0.3, 0.4) is 0 Å². The zero-order valence-electron chi connectivity index (χ0n) is 14.0. The van der Waals surface area contributed by atoms with Gasteiger partial charge in [0, 0.05) is 29.2 Å². The van der Waals surface area contributed by atoms with Gasteiger partial charge in [0.25, 0.3) is 5.91 Å². The van der Waals surface area contributed by atoms with Crippen LogP contribution in [0.1, 0.15) is 39.1 Å². The van der Waals surface area contributed by atoms with E-state index in [1.807, 2.05) is 4.90 Å². The minimum Gasteiger partial charge on any atom is -0.339 e. The quantitative estimate of drug-likeness (QED) is 0.854. The number of rotatable bonds is 4. The Labute approximate surface area is 152 Å². The van der Waals surface area contributed by atoms with E-state index in [2.05, 4.69) is 0 Å². The fourth-order valence-corrected chi connectivity index (χ4v) is 3.29. The zero-order chi connectivity index (χ0) is 17.8. The predicted molar refractivity (Wildman–Crippen MR) is 99.0 cm³/mol. The minimum absolute atomic E-state index is 0.0895. The van der Waals surface area contributed by atoms with Gasteiger partial charge < -0.3 is 10.6 Å².